The van der Waals surface area contributed by atoms with E-state index in [1.165, 1.54) is 12.0 Å². The van der Waals surface area contributed by atoms with Crippen molar-refractivity contribution in [1.82, 2.24) is 14.9 Å². The molecule has 0 radical (unpaired) electrons. The van der Waals surface area contributed by atoms with Crippen LogP contribution in [0.5, 0.6) is 5.88 Å². The molecule has 0 unspecified atom stereocenters. The number of fused-ring (bicyclic) bond motifs is 1. The molecule has 0 aliphatic carbocycles. The molecule has 2 aromatic rings. The van der Waals surface area contributed by atoms with Crippen LogP contribution in [0.1, 0.15) is 24.3 Å². The van der Waals surface area contributed by atoms with Gasteiger partial charge in [0.25, 0.3) is 5.88 Å². The Morgan fingerprint density at radius 3 is 3.09 bits per heavy atom. The molecule has 5 nitrogen and oxygen atoms in total. The molecule has 0 fully saturated rings. The molecule has 3 rings (SSSR count). The van der Waals surface area contributed by atoms with Crippen molar-refractivity contribution in [3.05, 3.63) is 34.3 Å². The number of nitrogens with zero attached hydrogens (tertiary/aromatic N) is 3. The summed E-state index contributed by atoms with van der Waals surface area (Å²) in [5.74, 6) is 1.31. The Kier molecular flexibility index (Phi) is 4.90. The Balaban J connectivity index is 1.51. The van der Waals surface area contributed by atoms with Crippen LogP contribution in [0, 0.1) is 0 Å². The molecule has 118 valence electrons. The minimum atomic E-state index is 0.0938. The van der Waals surface area contributed by atoms with Gasteiger partial charge >= 0.3 is 0 Å². The van der Waals surface area contributed by atoms with Crippen LogP contribution in [-0.2, 0) is 13.0 Å². The number of rotatable bonds is 6. The Bertz CT molecular complexity index is 614. The number of thiophene rings is 1. The van der Waals surface area contributed by atoms with Gasteiger partial charge in [-0.25, -0.2) is 9.97 Å². The van der Waals surface area contributed by atoms with Crippen LogP contribution in [0.2, 0.25) is 0 Å². The lowest BCUT2D eigenvalue weighted by molar-refractivity contribution is 0.232. The second-order valence-electron chi connectivity index (χ2n) is 5.70. The summed E-state index contributed by atoms with van der Waals surface area (Å²) in [5.41, 5.74) is 1.49. The average Bonchev–Trinajstić information content (AvgIpc) is 2.96. The third-order valence-electron chi connectivity index (χ3n) is 3.62. The molecular formula is C16H22N4OS. The van der Waals surface area contributed by atoms with E-state index < -0.39 is 0 Å². The van der Waals surface area contributed by atoms with Gasteiger partial charge in [0.15, 0.2) is 5.82 Å². The molecule has 1 aliphatic heterocycles. The van der Waals surface area contributed by atoms with E-state index in [9.17, 15) is 0 Å². The number of aromatic nitrogens is 2. The fraction of sp³-hybridized carbons (Fsp3) is 0.500. The van der Waals surface area contributed by atoms with Crippen molar-refractivity contribution in [3.8, 4) is 5.88 Å². The van der Waals surface area contributed by atoms with Crippen molar-refractivity contribution in [3.63, 3.8) is 0 Å². The zero-order valence-electron chi connectivity index (χ0n) is 13.1. The molecule has 0 aromatic carbocycles. The summed E-state index contributed by atoms with van der Waals surface area (Å²) in [6.07, 6.45) is 4.61. The van der Waals surface area contributed by atoms with E-state index in [2.05, 4.69) is 31.6 Å². The molecule has 1 N–H and O–H groups in total. The molecule has 0 spiro atoms. The van der Waals surface area contributed by atoms with E-state index in [0.717, 1.165) is 32.0 Å². The molecular weight excluding hydrogens is 296 g/mol. The fourth-order valence-electron chi connectivity index (χ4n) is 2.59. The monoisotopic (exact) mass is 318 g/mol. The van der Waals surface area contributed by atoms with E-state index >= 15 is 0 Å². The molecule has 0 amide bonds. The molecule has 3 heterocycles. The summed E-state index contributed by atoms with van der Waals surface area (Å²) in [5, 5.41) is 5.54. The standard InChI is InChI=1S/C16H22N4OS/c1-12(2)21-16-15(17-5-6-19-16)18-7-9-20-8-3-14-13(11-20)4-10-22-14/h4-6,10,12H,3,7-9,11H2,1-2H3,(H,17,18). The Hall–Kier alpha value is -1.66. The first-order chi connectivity index (χ1) is 10.7. The smallest absolute Gasteiger partial charge is 0.257 e. The van der Waals surface area contributed by atoms with E-state index in [1.54, 1.807) is 17.3 Å². The van der Waals surface area contributed by atoms with Gasteiger partial charge in [0.1, 0.15) is 0 Å². The van der Waals surface area contributed by atoms with E-state index in [0.29, 0.717) is 5.88 Å². The van der Waals surface area contributed by atoms with Crippen LogP contribution in [0.25, 0.3) is 0 Å². The normalized spacial score (nSPS) is 14.9. The Morgan fingerprint density at radius 2 is 2.23 bits per heavy atom. The van der Waals surface area contributed by atoms with Crippen LogP contribution in [-0.4, -0.2) is 40.6 Å². The lowest BCUT2D eigenvalue weighted by atomic mass is 10.1. The number of anilines is 1. The van der Waals surface area contributed by atoms with Crippen molar-refractivity contribution < 1.29 is 4.74 Å². The maximum absolute atomic E-state index is 5.68. The maximum atomic E-state index is 5.68. The highest BCUT2D eigenvalue weighted by Crippen LogP contribution is 2.24. The zero-order chi connectivity index (χ0) is 15.4. The highest BCUT2D eigenvalue weighted by atomic mass is 32.1. The first-order valence-corrected chi connectivity index (χ1v) is 8.59. The Labute approximate surface area is 135 Å². The molecule has 6 heteroatoms. The summed E-state index contributed by atoms with van der Waals surface area (Å²) >= 11 is 1.88. The quantitative estimate of drug-likeness (QED) is 0.887. The fourth-order valence-corrected chi connectivity index (χ4v) is 3.48. The predicted octanol–water partition coefficient (Wildman–Crippen LogP) is 2.80. The molecule has 2 aromatic heterocycles. The summed E-state index contributed by atoms with van der Waals surface area (Å²) in [7, 11) is 0. The van der Waals surface area contributed by atoms with Crippen LogP contribution in [0.4, 0.5) is 5.82 Å². The first-order valence-electron chi connectivity index (χ1n) is 7.71. The third kappa shape index (κ3) is 3.75. The topological polar surface area (TPSA) is 50.3 Å². The lowest BCUT2D eigenvalue weighted by Gasteiger charge is -2.26. The van der Waals surface area contributed by atoms with Crippen LogP contribution in [0.3, 0.4) is 0 Å². The van der Waals surface area contributed by atoms with Gasteiger partial charge in [0.05, 0.1) is 6.10 Å². The van der Waals surface area contributed by atoms with E-state index in [1.807, 2.05) is 25.2 Å². The van der Waals surface area contributed by atoms with Crippen LogP contribution >= 0.6 is 11.3 Å². The second-order valence-corrected chi connectivity index (χ2v) is 6.70. The SMILES string of the molecule is CC(C)Oc1nccnc1NCCN1CCc2sccc2C1. The minimum Gasteiger partial charge on any atom is -0.472 e. The van der Waals surface area contributed by atoms with Gasteiger partial charge in [0, 0.05) is 43.4 Å². The van der Waals surface area contributed by atoms with E-state index in [4.69, 9.17) is 4.74 Å². The number of nitrogens with one attached hydrogen (secondary N) is 1. The van der Waals surface area contributed by atoms with Crippen molar-refractivity contribution in [2.45, 2.75) is 32.9 Å². The van der Waals surface area contributed by atoms with Crippen molar-refractivity contribution in [1.29, 1.82) is 0 Å². The first kappa shape index (κ1) is 15.2. The average molecular weight is 318 g/mol. The summed E-state index contributed by atoms with van der Waals surface area (Å²) in [6.45, 7) is 8.00. The summed E-state index contributed by atoms with van der Waals surface area (Å²) < 4.78 is 5.68. The maximum Gasteiger partial charge on any atom is 0.257 e. The van der Waals surface area contributed by atoms with Gasteiger partial charge in [-0.3, -0.25) is 4.90 Å². The highest BCUT2D eigenvalue weighted by molar-refractivity contribution is 7.10. The number of ether oxygens (including phenoxy) is 1. The van der Waals surface area contributed by atoms with Crippen molar-refractivity contribution >= 4 is 17.2 Å². The summed E-state index contributed by atoms with van der Waals surface area (Å²) in [4.78, 5) is 12.6. The molecule has 0 bridgehead atoms. The largest absolute Gasteiger partial charge is 0.472 e. The van der Waals surface area contributed by atoms with E-state index in [-0.39, 0.29) is 6.10 Å². The zero-order valence-corrected chi connectivity index (χ0v) is 13.9. The number of hydrogen-bond acceptors (Lipinski definition) is 6. The van der Waals surface area contributed by atoms with Gasteiger partial charge < -0.3 is 10.1 Å². The van der Waals surface area contributed by atoms with Crippen LogP contribution < -0.4 is 10.1 Å². The molecule has 22 heavy (non-hydrogen) atoms. The lowest BCUT2D eigenvalue weighted by Crippen LogP contribution is -2.33. The predicted molar refractivity (Wildman–Crippen MR) is 89.6 cm³/mol. The molecule has 1 aliphatic rings. The number of hydrogen-bond donors (Lipinski definition) is 1. The van der Waals surface area contributed by atoms with Gasteiger partial charge in [-0.1, -0.05) is 0 Å². The molecule has 0 saturated carbocycles. The van der Waals surface area contributed by atoms with Crippen molar-refractivity contribution in [2.75, 3.05) is 25.0 Å². The molecule has 0 saturated heterocycles. The third-order valence-corrected chi connectivity index (χ3v) is 4.64. The minimum absolute atomic E-state index is 0.0938. The summed E-state index contributed by atoms with van der Waals surface area (Å²) in [6, 6.07) is 2.25. The van der Waals surface area contributed by atoms with Gasteiger partial charge in [-0.15, -0.1) is 11.3 Å². The van der Waals surface area contributed by atoms with Gasteiger partial charge in [0.2, 0.25) is 0 Å². The Morgan fingerprint density at radius 1 is 1.36 bits per heavy atom. The second kappa shape index (κ2) is 7.07. The van der Waals surface area contributed by atoms with Gasteiger partial charge in [-0.2, -0.15) is 0 Å². The highest BCUT2D eigenvalue weighted by Gasteiger charge is 2.16. The van der Waals surface area contributed by atoms with Gasteiger partial charge in [-0.05, 0) is 37.3 Å². The van der Waals surface area contributed by atoms with Crippen molar-refractivity contribution in [2.24, 2.45) is 0 Å². The van der Waals surface area contributed by atoms with Crippen LogP contribution in [0.15, 0.2) is 23.8 Å². The molecule has 0 atom stereocenters.